The van der Waals surface area contributed by atoms with Gasteiger partial charge in [-0.05, 0) is 36.6 Å². The molecule has 0 heterocycles. The van der Waals surface area contributed by atoms with Crippen molar-refractivity contribution in [1.29, 1.82) is 0 Å². The molecule has 1 saturated carbocycles. The lowest BCUT2D eigenvalue weighted by Gasteiger charge is -2.23. The summed E-state index contributed by atoms with van der Waals surface area (Å²) < 4.78 is 7.16. The molecule has 0 aliphatic heterocycles. The second-order valence-electron chi connectivity index (χ2n) is 6.24. The van der Waals surface area contributed by atoms with Gasteiger partial charge in [0.25, 0.3) is 0 Å². The first-order valence-electron chi connectivity index (χ1n) is 8.50. The van der Waals surface area contributed by atoms with Crippen LogP contribution >= 0.6 is 28.3 Å². The lowest BCUT2D eigenvalue weighted by Crippen LogP contribution is -2.30. The largest absolute Gasteiger partial charge is 0.489 e. The Labute approximate surface area is 159 Å². The van der Waals surface area contributed by atoms with Gasteiger partial charge in [0.2, 0.25) is 0 Å². The van der Waals surface area contributed by atoms with Gasteiger partial charge in [0.05, 0.1) is 0 Å². The predicted octanol–water partition coefficient (Wildman–Crippen LogP) is 5.87. The SMILES string of the molecule is Brc1ccc(OCc2ccccc2)c(CNC2CCCCC2)c1.Cl. The van der Waals surface area contributed by atoms with Crippen LogP contribution in [0.4, 0.5) is 0 Å². The highest BCUT2D eigenvalue weighted by atomic mass is 79.9. The summed E-state index contributed by atoms with van der Waals surface area (Å²) in [6.45, 7) is 1.48. The molecule has 2 aromatic carbocycles. The fourth-order valence-electron chi connectivity index (χ4n) is 3.12. The van der Waals surface area contributed by atoms with Crippen molar-refractivity contribution >= 4 is 28.3 Å². The molecule has 1 aliphatic rings. The molecule has 0 spiro atoms. The summed E-state index contributed by atoms with van der Waals surface area (Å²) >= 11 is 3.58. The molecule has 0 radical (unpaired) electrons. The Hall–Kier alpha value is -1.03. The highest BCUT2D eigenvalue weighted by Crippen LogP contribution is 2.25. The standard InChI is InChI=1S/C20H24BrNO.ClH/c21-18-11-12-20(23-15-16-7-3-1-4-8-16)17(13-18)14-22-19-9-5-2-6-10-19;/h1,3-4,7-8,11-13,19,22H,2,5-6,9-10,14-15H2;1H. The summed E-state index contributed by atoms with van der Waals surface area (Å²) in [6.07, 6.45) is 6.70. The molecule has 0 amide bonds. The van der Waals surface area contributed by atoms with Gasteiger partial charge < -0.3 is 10.1 Å². The quantitative estimate of drug-likeness (QED) is 0.643. The van der Waals surface area contributed by atoms with Crippen LogP contribution in [0.2, 0.25) is 0 Å². The van der Waals surface area contributed by atoms with E-state index in [1.807, 2.05) is 24.3 Å². The summed E-state index contributed by atoms with van der Waals surface area (Å²) in [7, 11) is 0. The maximum Gasteiger partial charge on any atom is 0.124 e. The van der Waals surface area contributed by atoms with Gasteiger partial charge in [0.15, 0.2) is 0 Å². The molecule has 3 rings (SSSR count). The summed E-state index contributed by atoms with van der Waals surface area (Å²) in [5, 5.41) is 3.70. The van der Waals surface area contributed by atoms with Crippen LogP contribution in [0.1, 0.15) is 43.2 Å². The normalized spacial score (nSPS) is 14.9. The number of hydrogen-bond donors (Lipinski definition) is 1. The topological polar surface area (TPSA) is 21.3 Å². The third-order valence-electron chi connectivity index (χ3n) is 4.45. The Morgan fingerprint density at radius 1 is 1.00 bits per heavy atom. The van der Waals surface area contributed by atoms with Gasteiger partial charge in [-0.2, -0.15) is 0 Å². The first-order chi connectivity index (χ1) is 11.3. The second-order valence-corrected chi connectivity index (χ2v) is 7.16. The van der Waals surface area contributed by atoms with Crippen LogP contribution in [-0.2, 0) is 13.2 Å². The van der Waals surface area contributed by atoms with Crippen molar-refractivity contribution in [3.8, 4) is 5.75 Å². The predicted molar refractivity (Wildman–Crippen MR) is 106 cm³/mol. The van der Waals surface area contributed by atoms with Crippen molar-refractivity contribution in [1.82, 2.24) is 5.32 Å². The summed E-state index contributed by atoms with van der Waals surface area (Å²) in [5.41, 5.74) is 2.42. The molecule has 0 aromatic heterocycles. The van der Waals surface area contributed by atoms with Gasteiger partial charge in [-0.3, -0.25) is 0 Å². The van der Waals surface area contributed by atoms with Crippen molar-refractivity contribution in [2.75, 3.05) is 0 Å². The molecule has 1 N–H and O–H groups in total. The van der Waals surface area contributed by atoms with Gasteiger partial charge in [-0.15, -0.1) is 12.4 Å². The van der Waals surface area contributed by atoms with E-state index in [0.29, 0.717) is 12.6 Å². The maximum atomic E-state index is 6.06. The number of hydrogen-bond acceptors (Lipinski definition) is 2. The monoisotopic (exact) mass is 409 g/mol. The molecule has 0 atom stereocenters. The summed E-state index contributed by atoms with van der Waals surface area (Å²) in [5.74, 6) is 0.973. The summed E-state index contributed by atoms with van der Waals surface area (Å²) in [4.78, 5) is 0. The van der Waals surface area contributed by atoms with E-state index >= 15 is 0 Å². The molecule has 2 aromatic rings. The average molecular weight is 411 g/mol. The van der Waals surface area contributed by atoms with E-state index in [-0.39, 0.29) is 12.4 Å². The number of ether oxygens (including phenoxy) is 1. The van der Waals surface area contributed by atoms with E-state index in [0.717, 1.165) is 16.8 Å². The second kappa shape index (κ2) is 10.1. The van der Waals surface area contributed by atoms with Crippen molar-refractivity contribution in [2.45, 2.75) is 51.3 Å². The first kappa shape index (κ1) is 19.3. The summed E-state index contributed by atoms with van der Waals surface area (Å²) in [6, 6.07) is 17.2. The highest BCUT2D eigenvalue weighted by molar-refractivity contribution is 9.10. The zero-order valence-corrected chi connectivity index (χ0v) is 16.2. The lowest BCUT2D eigenvalue weighted by atomic mass is 9.95. The van der Waals surface area contributed by atoms with Gasteiger partial charge in [0, 0.05) is 22.6 Å². The molecule has 4 heteroatoms. The van der Waals surface area contributed by atoms with Crippen molar-refractivity contribution in [3.63, 3.8) is 0 Å². The van der Waals surface area contributed by atoms with E-state index < -0.39 is 0 Å². The molecule has 0 saturated heterocycles. The van der Waals surface area contributed by atoms with E-state index in [9.17, 15) is 0 Å². The van der Waals surface area contributed by atoms with Gasteiger partial charge in [-0.25, -0.2) is 0 Å². The zero-order valence-electron chi connectivity index (χ0n) is 13.8. The van der Waals surface area contributed by atoms with Crippen molar-refractivity contribution in [3.05, 3.63) is 64.1 Å². The number of nitrogens with one attached hydrogen (secondary N) is 1. The Bertz CT molecular complexity index is 614. The molecule has 2 nitrogen and oxygen atoms in total. The van der Waals surface area contributed by atoms with Crippen LogP contribution in [0.25, 0.3) is 0 Å². The number of benzene rings is 2. The average Bonchev–Trinajstić information content (AvgIpc) is 2.61. The van der Waals surface area contributed by atoms with Crippen LogP contribution < -0.4 is 10.1 Å². The first-order valence-corrected chi connectivity index (χ1v) is 9.29. The third-order valence-corrected chi connectivity index (χ3v) is 4.94. The lowest BCUT2D eigenvalue weighted by molar-refractivity contribution is 0.299. The fourth-order valence-corrected chi connectivity index (χ4v) is 3.53. The molecule has 130 valence electrons. The molecule has 0 bridgehead atoms. The number of halogens is 2. The Morgan fingerprint density at radius 3 is 2.50 bits per heavy atom. The minimum Gasteiger partial charge on any atom is -0.489 e. The van der Waals surface area contributed by atoms with Gasteiger partial charge >= 0.3 is 0 Å². The van der Waals surface area contributed by atoms with Gasteiger partial charge in [0.1, 0.15) is 12.4 Å². The van der Waals surface area contributed by atoms with Crippen LogP contribution in [0.3, 0.4) is 0 Å². The highest BCUT2D eigenvalue weighted by Gasteiger charge is 2.14. The zero-order chi connectivity index (χ0) is 15.9. The molecule has 24 heavy (non-hydrogen) atoms. The third kappa shape index (κ3) is 5.80. The van der Waals surface area contributed by atoms with Crippen LogP contribution in [0.5, 0.6) is 5.75 Å². The molecule has 1 aliphatic carbocycles. The van der Waals surface area contributed by atoms with E-state index in [1.165, 1.54) is 43.2 Å². The van der Waals surface area contributed by atoms with Gasteiger partial charge in [-0.1, -0.05) is 65.5 Å². The Morgan fingerprint density at radius 2 is 1.75 bits per heavy atom. The van der Waals surface area contributed by atoms with E-state index in [4.69, 9.17) is 4.74 Å². The maximum absolute atomic E-state index is 6.06. The minimum absolute atomic E-state index is 0. The minimum atomic E-state index is 0. The molecular weight excluding hydrogens is 386 g/mol. The molecule has 1 fully saturated rings. The molecule has 0 unspecified atom stereocenters. The van der Waals surface area contributed by atoms with E-state index in [1.54, 1.807) is 0 Å². The van der Waals surface area contributed by atoms with Crippen molar-refractivity contribution in [2.24, 2.45) is 0 Å². The fraction of sp³-hybridized carbons (Fsp3) is 0.400. The Kier molecular flexibility index (Phi) is 8.10. The van der Waals surface area contributed by atoms with Crippen LogP contribution in [0, 0.1) is 0 Å². The van der Waals surface area contributed by atoms with E-state index in [2.05, 4.69) is 45.5 Å². The van der Waals surface area contributed by atoms with Crippen LogP contribution in [-0.4, -0.2) is 6.04 Å². The Balaban J connectivity index is 0.00000208. The smallest absolute Gasteiger partial charge is 0.124 e. The van der Waals surface area contributed by atoms with Crippen molar-refractivity contribution < 1.29 is 4.74 Å². The molecular formula is C20H25BrClNO. The number of rotatable bonds is 6. The van der Waals surface area contributed by atoms with Crippen LogP contribution in [0.15, 0.2) is 53.0 Å².